The number of hydrogen-bond acceptors (Lipinski definition) is 2. The first-order valence-electron chi connectivity index (χ1n) is 9.08. The maximum Gasteiger partial charge on any atom is -0.00130 e. The fourth-order valence-corrected chi connectivity index (χ4v) is 4.33. The van der Waals surface area contributed by atoms with Crippen LogP contribution in [0.2, 0.25) is 0 Å². The number of nitrogens with zero attached hydrogens (tertiary/aromatic N) is 1. The van der Waals surface area contributed by atoms with Crippen LogP contribution in [-0.4, -0.2) is 31.1 Å². The van der Waals surface area contributed by atoms with Crippen molar-refractivity contribution in [2.75, 3.05) is 26.2 Å². The van der Waals surface area contributed by atoms with E-state index >= 15 is 0 Å². The van der Waals surface area contributed by atoms with Crippen molar-refractivity contribution in [3.05, 3.63) is 0 Å². The number of nitrogens with two attached hydrogens (primary N) is 1. The summed E-state index contributed by atoms with van der Waals surface area (Å²) in [6.45, 7) is 9.64. The van der Waals surface area contributed by atoms with Crippen molar-refractivity contribution in [3.8, 4) is 0 Å². The van der Waals surface area contributed by atoms with Gasteiger partial charge in [0.05, 0.1) is 0 Å². The Morgan fingerprint density at radius 2 is 1.80 bits per heavy atom. The molecule has 2 heteroatoms. The first kappa shape index (κ1) is 16.3. The van der Waals surface area contributed by atoms with Crippen LogP contribution in [-0.2, 0) is 0 Å². The van der Waals surface area contributed by atoms with Gasteiger partial charge in [0.25, 0.3) is 0 Å². The van der Waals surface area contributed by atoms with Gasteiger partial charge in [0, 0.05) is 0 Å². The van der Waals surface area contributed by atoms with Crippen molar-refractivity contribution in [2.24, 2.45) is 23.0 Å². The summed E-state index contributed by atoms with van der Waals surface area (Å²) < 4.78 is 0. The number of rotatable bonds is 5. The molecule has 0 spiro atoms. The third kappa shape index (κ3) is 4.46. The molecule has 2 nitrogen and oxygen atoms in total. The first-order valence-corrected chi connectivity index (χ1v) is 9.08. The Balaban J connectivity index is 1.78. The minimum atomic E-state index is 0.488. The molecule has 20 heavy (non-hydrogen) atoms. The van der Waals surface area contributed by atoms with Crippen LogP contribution in [0.25, 0.3) is 0 Å². The minimum absolute atomic E-state index is 0.488. The van der Waals surface area contributed by atoms with Gasteiger partial charge in [-0.05, 0) is 82.0 Å². The predicted octanol–water partition coefficient (Wildman–Crippen LogP) is 4.04. The van der Waals surface area contributed by atoms with E-state index in [-0.39, 0.29) is 0 Å². The smallest absolute Gasteiger partial charge is 0.00130 e. The van der Waals surface area contributed by atoms with E-state index in [4.69, 9.17) is 5.73 Å². The Hall–Kier alpha value is -0.0800. The van der Waals surface area contributed by atoms with Gasteiger partial charge in [-0.25, -0.2) is 0 Å². The summed E-state index contributed by atoms with van der Waals surface area (Å²) in [6.07, 6.45) is 12.6. The average molecular weight is 280 g/mol. The fourth-order valence-electron chi connectivity index (χ4n) is 4.33. The Kier molecular flexibility index (Phi) is 6.35. The summed E-state index contributed by atoms with van der Waals surface area (Å²) in [5, 5.41) is 0. The molecule has 2 fully saturated rings. The molecule has 2 rings (SSSR count). The van der Waals surface area contributed by atoms with Crippen molar-refractivity contribution in [1.82, 2.24) is 4.90 Å². The molecule has 0 bridgehead atoms. The first-order chi connectivity index (χ1) is 9.65. The van der Waals surface area contributed by atoms with E-state index in [1.165, 1.54) is 77.4 Å². The molecule has 1 saturated carbocycles. The Morgan fingerprint density at radius 3 is 2.45 bits per heavy atom. The molecule has 1 unspecified atom stereocenters. The van der Waals surface area contributed by atoms with Gasteiger partial charge in [0.1, 0.15) is 0 Å². The highest BCUT2D eigenvalue weighted by atomic mass is 15.1. The average Bonchev–Trinajstić information content (AvgIpc) is 2.72. The van der Waals surface area contributed by atoms with Gasteiger partial charge in [-0.2, -0.15) is 0 Å². The summed E-state index contributed by atoms with van der Waals surface area (Å²) in [7, 11) is 0. The molecule has 0 aromatic rings. The Morgan fingerprint density at radius 1 is 1.05 bits per heavy atom. The van der Waals surface area contributed by atoms with Crippen LogP contribution >= 0.6 is 0 Å². The molecule has 2 N–H and O–H groups in total. The van der Waals surface area contributed by atoms with E-state index < -0.39 is 0 Å². The van der Waals surface area contributed by atoms with E-state index in [9.17, 15) is 0 Å². The summed E-state index contributed by atoms with van der Waals surface area (Å²) in [4.78, 5) is 2.73. The maximum absolute atomic E-state index is 6.13. The highest BCUT2D eigenvalue weighted by Crippen LogP contribution is 2.38. The molecule has 118 valence electrons. The zero-order valence-electron chi connectivity index (χ0n) is 13.9. The van der Waals surface area contributed by atoms with Gasteiger partial charge in [0.15, 0.2) is 0 Å². The summed E-state index contributed by atoms with van der Waals surface area (Å²) in [5.74, 6) is 1.82. The van der Waals surface area contributed by atoms with Crippen molar-refractivity contribution in [3.63, 3.8) is 0 Å². The number of hydrogen-bond donors (Lipinski definition) is 1. The van der Waals surface area contributed by atoms with Crippen LogP contribution in [0.5, 0.6) is 0 Å². The second-order valence-electron chi connectivity index (χ2n) is 7.79. The Labute approximate surface area is 126 Å². The van der Waals surface area contributed by atoms with Gasteiger partial charge in [0.2, 0.25) is 0 Å². The maximum atomic E-state index is 6.13. The van der Waals surface area contributed by atoms with E-state index in [2.05, 4.69) is 18.7 Å². The normalized spacial score (nSPS) is 28.5. The molecule has 2 aliphatic rings. The monoisotopic (exact) mass is 280 g/mol. The second-order valence-corrected chi connectivity index (χ2v) is 7.79. The fraction of sp³-hybridized carbons (Fsp3) is 1.00. The SMILES string of the molecule is CC(C)C1CCCN(CCC2(CN)CCCCC2)CC1. The van der Waals surface area contributed by atoms with Gasteiger partial charge in [-0.1, -0.05) is 33.1 Å². The lowest BCUT2D eigenvalue weighted by molar-refractivity contribution is 0.147. The van der Waals surface area contributed by atoms with Crippen molar-refractivity contribution < 1.29 is 0 Å². The van der Waals surface area contributed by atoms with Crippen molar-refractivity contribution in [2.45, 2.75) is 71.6 Å². The molecule has 1 atom stereocenters. The topological polar surface area (TPSA) is 29.3 Å². The van der Waals surface area contributed by atoms with E-state index in [0.29, 0.717) is 5.41 Å². The summed E-state index contributed by atoms with van der Waals surface area (Å²) in [5.41, 5.74) is 6.62. The van der Waals surface area contributed by atoms with Crippen molar-refractivity contribution >= 4 is 0 Å². The third-order valence-corrected chi connectivity index (χ3v) is 6.11. The lowest BCUT2D eigenvalue weighted by Crippen LogP contribution is -2.37. The largest absolute Gasteiger partial charge is 0.330 e. The zero-order valence-corrected chi connectivity index (χ0v) is 13.9. The molecule has 0 radical (unpaired) electrons. The van der Waals surface area contributed by atoms with Gasteiger partial charge < -0.3 is 10.6 Å². The molecule has 1 saturated heterocycles. The lowest BCUT2D eigenvalue weighted by Gasteiger charge is -2.38. The molecule has 0 amide bonds. The number of likely N-dealkylation sites (tertiary alicyclic amines) is 1. The molecule has 0 aromatic heterocycles. The highest BCUT2D eigenvalue weighted by Gasteiger charge is 2.31. The third-order valence-electron chi connectivity index (χ3n) is 6.11. The molecule has 1 aliphatic heterocycles. The van der Waals surface area contributed by atoms with E-state index in [0.717, 1.165) is 18.4 Å². The lowest BCUT2D eigenvalue weighted by atomic mass is 9.72. The van der Waals surface area contributed by atoms with Gasteiger partial charge in [-0.15, -0.1) is 0 Å². The van der Waals surface area contributed by atoms with Crippen LogP contribution in [0.15, 0.2) is 0 Å². The molecule has 1 heterocycles. The summed E-state index contributed by atoms with van der Waals surface area (Å²) in [6, 6.07) is 0. The standard InChI is InChI=1S/C18H36N2/c1-16(2)17-7-6-12-20(13-8-17)14-11-18(15-19)9-4-3-5-10-18/h16-17H,3-15,19H2,1-2H3. The van der Waals surface area contributed by atoms with Crippen molar-refractivity contribution in [1.29, 1.82) is 0 Å². The van der Waals surface area contributed by atoms with Crippen LogP contribution in [0.1, 0.15) is 71.6 Å². The van der Waals surface area contributed by atoms with Crippen LogP contribution in [0.3, 0.4) is 0 Å². The van der Waals surface area contributed by atoms with Crippen LogP contribution < -0.4 is 5.73 Å². The predicted molar refractivity (Wildman–Crippen MR) is 87.8 cm³/mol. The molecular formula is C18H36N2. The van der Waals surface area contributed by atoms with Gasteiger partial charge in [-0.3, -0.25) is 0 Å². The quantitative estimate of drug-likeness (QED) is 0.823. The zero-order chi connectivity index (χ0) is 14.4. The molecule has 0 aromatic carbocycles. The molecular weight excluding hydrogens is 244 g/mol. The molecule has 1 aliphatic carbocycles. The van der Waals surface area contributed by atoms with Crippen LogP contribution in [0, 0.1) is 17.3 Å². The highest BCUT2D eigenvalue weighted by molar-refractivity contribution is 4.85. The Bertz CT molecular complexity index is 269. The minimum Gasteiger partial charge on any atom is -0.330 e. The van der Waals surface area contributed by atoms with Crippen LogP contribution in [0.4, 0.5) is 0 Å². The second kappa shape index (κ2) is 7.79. The van der Waals surface area contributed by atoms with Gasteiger partial charge >= 0.3 is 0 Å². The van der Waals surface area contributed by atoms with E-state index in [1.54, 1.807) is 0 Å². The van der Waals surface area contributed by atoms with E-state index in [1.807, 2.05) is 0 Å². The summed E-state index contributed by atoms with van der Waals surface area (Å²) >= 11 is 0.